The van der Waals surface area contributed by atoms with Gasteiger partial charge in [-0.2, -0.15) is 0 Å². The van der Waals surface area contributed by atoms with Gasteiger partial charge in [0.25, 0.3) is 5.91 Å². The Morgan fingerprint density at radius 2 is 1.67 bits per heavy atom. The molecule has 1 N–H and O–H groups in total. The Balaban J connectivity index is 2.17. The third-order valence-electron chi connectivity index (χ3n) is 5.37. The Morgan fingerprint density at radius 3 is 2.27 bits per heavy atom. The van der Waals surface area contributed by atoms with Gasteiger partial charge in [0, 0.05) is 10.6 Å². The van der Waals surface area contributed by atoms with Crippen molar-refractivity contribution < 1.29 is 29.1 Å². The number of halogens is 1. The van der Waals surface area contributed by atoms with Gasteiger partial charge >= 0.3 is 0 Å². The Morgan fingerprint density at radius 1 is 1.03 bits per heavy atom. The van der Waals surface area contributed by atoms with Gasteiger partial charge in [-0.3, -0.25) is 9.59 Å². The van der Waals surface area contributed by atoms with Crippen molar-refractivity contribution in [1.29, 1.82) is 0 Å². The van der Waals surface area contributed by atoms with Crippen LogP contribution in [0, 0.1) is 0 Å². The number of amides is 1. The molecule has 176 valence electrons. The molecular formula is C25H29ClN2O5. The molecule has 2 aromatic carbocycles. The number of carbonyl (C=O) groups excluding carboxylic acids is 2. The number of Topliss-reactive ketones (excluding diaryl/α,β-unsaturated/α-hetero) is 1. The van der Waals surface area contributed by atoms with E-state index in [0.717, 1.165) is 4.90 Å². The highest BCUT2D eigenvalue weighted by Crippen LogP contribution is 2.41. The number of ether oxygens (including phenoxy) is 2. The van der Waals surface area contributed by atoms with Gasteiger partial charge in [0.15, 0.2) is 11.5 Å². The third-order valence-corrected chi connectivity index (χ3v) is 5.62. The summed E-state index contributed by atoms with van der Waals surface area (Å²) in [5.74, 6) is -0.874. The zero-order valence-electron chi connectivity index (χ0n) is 19.3. The molecule has 0 aliphatic carbocycles. The summed E-state index contributed by atoms with van der Waals surface area (Å²) in [5.41, 5.74) is 0.853. The topological polar surface area (TPSA) is 83.3 Å². The van der Waals surface area contributed by atoms with Crippen LogP contribution in [0.3, 0.4) is 0 Å². The van der Waals surface area contributed by atoms with E-state index in [2.05, 4.69) is 0 Å². The summed E-state index contributed by atoms with van der Waals surface area (Å²) >= 11 is 5.96. The molecule has 0 radical (unpaired) electrons. The number of nitrogens with zero attached hydrogens (tertiary/aromatic N) is 1. The molecule has 0 saturated carbocycles. The lowest BCUT2D eigenvalue weighted by Crippen LogP contribution is -3.06. The number of benzene rings is 2. The van der Waals surface area contributed by atoms with Crippen molar-refractivity contribution in [2.45, 2.75) is 19.9 Å². The van der Waals surface area contributed by atoms with Crippen molar-refractivity contribution in [3.05, 3.63) is 64.2 Å². The first-order valence-corrected chi connectivity index (χ1v) is 11.4. The Hall–Kier alpha value is -3.03. The third kappa shape index (κ3) is 5.31. The molecule has 0 bridgehead atoms. The van der Waals surface area contributed by atoms with Crippen LogP contribution in [0.2, 0.25) is 5.02 Å². The molecule has 3 rings (SSSR count). The fourth-order valence-electron chi connectivity index (χ4n) is 3.79. The molecule has 1 aliphatic heterocycles. The molecule has 8 heteroatoms. The molecule has 1 saturated heterocycles. The van der Waals surface area contributed by atoms with Crippen LogP contribution >= 0.6 is 11.6 Å². The van der Waals surface area contributed by atoms with Crippen molar-refractivity contribution >= 4 is 29.1 Å². The van der Waals surface area contributed by atoms with Gasteiger partial charge in [0.05, 0.1) is 46.4 Å². The van der Waals surface area contributed by atoms with Gasteiger partial charge < -0.3 is 24.4 Å². The van der Waals surface area contributed by atoms with Crippen LogP contribution < -0.4 is 19.5 Å². The molecule has 33 heavy (non-hydrogen) atoms. The summed E-state index contributed by atoms with van der Waals surface area (Å²) in [6.45, 7) is 5.56. The second-order valence-electron chi connectivity index (χ2n) is 8.01. The number of carbonyl (C=O) groups is 2. The summed E-state index contributed by atoms with van der Waals surface area (Å²) in [7, 11) is 3.93. The highest BCUT2D eigenvalue weighted by Gasteiger charge is 2.44. The highest BCUT2D eigenvalue weighted by molar-refractivity contribution is 6.46. The van der Waals surface area contributed by atoms with E-state index >= 15 is 0 Å². The minimum absolute atomic E-state index is 0.0670. The number of nitrogens with one attached hydrogen (secondary N) is 1. The summed E-state index contributed by atoms with van der Waals surface area (Å²) < 4.78 is 11.4. The highest BCUT2D eigenvalue weighted by atomic mass is 35.5. The van der Waals surface area contributed by atoms with Gasteiger partial charge in [-0.25, -0.2) is 0 Å². The van der Waals surface area contributed by atoms with E-state index in [9.17, 15) is 14.7 Å². The molecule has 2 aromatic rings. The van der Waals surface area contributed by atoms with E-state index in [1.54, 1.807) is 42.5 Å². The summed E-state index contributed by atoms with van der Waals surface area (Å²) in [4.78, 5) is 28.7. The van der Waals surface area contributed by atoms with Gasteiger partial charge in [0.1, 0.15) is 0 Å². The molecule has 0 spiro atoms. The van der Waals surface area contributed by atoms with Crippen LogP contribution in [0.4, 0.5) is 0 Å². The molecule has 1 unspecified atom stereocenters. The number of likely N-dealkylation sites (tertiary alicyclic amines) is 1. The van der Waals surface area contributed by atoms with E-state index in [0.29, 0.717) is 54.0 Å². The van der Waals surface area contributed by atoms with Gasteiger partial charge in [-0.05, 0) is 49.2 Å². The van der Waals surface area contributed by atoms with E-state index in [1.165, 1.54) is 4.90 Å². The lowest BCUT2D eigenvalue weighted by Gasteiger charge is -2.28. The normalized spacial score (nSPS) is 17.6. The average molecular weight is 473 g/mol. The minimum atomic E-state index is -0.817. The lowest BCUT2D eigenvalue weighted by molar-refractivity contribution is -0.857. The lowest BCUT2D eigenvalue weighted by atomic mass is 9.95. The number of quaternary nitrogens is 1. The van der Waals surface area contributed by atoms with E-state index in [-0.39, 0.29) is 5.57 Å². The van der Waals surface area contributed by atoms with Crippen molar-refractivity contribution in [3.63, 3.8) is 0 Å². The number of rotatable bonds is 9. The Labute approximate surface area is 199 Å². The van der Waals surface area contributed by atoms with E-state index in [1.807, 2.05) is 27.9 Å². The number of hydrogen-bond acceptors (Lipinski definition) is 5. The van der Waals surface area contributed by atoms with Crippen LogP contribution in [0.25, 0.3) is 5.76 Å². The summed E-state index contributed by atoms with van der Waals surface area (Å²) in [5, 5.41) is 13.9. The smallest absolute Gasteiger partial charge is 0.295 e. The molecule has 1 atom stereocenters. The fourth-order valence-corrected chi connectivity index (χ4v) is 3.91. The first-order valence-electron chi connectivity index (χ1n) is 11.0. The van der Waals surface area contributed by atoms with Crippen LogP contribution in [0.15, 0.2) is 48.0 Å². The summed E-state index contributed by atoms with van der Waals surface area (Å²) in [6, 6.07) is 10.7. The molecule has 1 heterocycles. The molecular weight excluding hydrogens is 444 g/mol. The van der Waals surface area contributed by atoms with Gasteiger partial charge in [0.2, 0.25) is 5.78 Å². The zero-order valence-corrected chi connectivity index (χ0v) is 20.1. The van der Waals surface area contributed by atoms with Crippen LogP contribution in [-0.4, -0.2) is 57.0 Å². The molecule has 1 amide bonds. The Kier molecular flexibility index (Phi) is 8.00. The summed E-state index contributed by atoms with van der Waals surface area (Å²) in [6.07, 6.45) is 0. The standard InChI is InChI=1S/C25H29ClN2O5/c1-5-32-19-12-9-17(15-20(19)33-6-2)22-21(23(29)16-7-10-18(26)11-8-16)24(30)25(31)28(22)14-13-27(3)4/h7-12,15,22,29H,5-6,13-14H2,1-4H3. The number of ketones is 1. The molecule has 1 fully saturated rings. The van der Waals surface area contributed by atoms with E-state index in [4.69, 9.17) is 21.1 Å². The average Bonchev–Trinajstić information content (AvgIpc) is 3.04. The second-order valence-corrected chi connectivity index (χ2v) is 8.45. The molecule has 7 nitrogen and oxygen atoms in total. The van der Waals surface area contributed by atoms with Crippen LogP contribution in [0.1, 0.15) is 31.0 Å². The van der Waals surface area contributed by atoms with E-state index < -0.39 is 23.5 Å². The largest absolute Gasteiger partial charge is 0.872 e. The quantitative estimate of drug-likeness (QED) is 0.340. The zero-order chi connectivity index (χ0) is 24.1. The second kappa shape index (κ2) is 10.7. The van der Waals surface area contributed by atoms with Crippen molar-refractivity contribution in [2.75, 3.05) is 40.4 Å². The van der Waals surface area contributed by atoms with Gasteiger partial charge in [-0.15, -0.1) is 0 Å². The minimum Gasteiger partial charge on any atom is -0.872 e. The monoisotopic (exact) mass is 472 g/mol. The van der Waals surface area contributed by atoms with Crippen LogP contribution in [-0.2, 0) is 9.59 Å². The van der Waals surface area contributed by atoms with Crippen molar-refractivity contribution in [2.24, 2.45) is 0 Å². The molecule has 1 aliphatic rings. The predicted octanol–water partition coefficient (Wildman–Crippen LogP) is 1.51. The maximum absolute atomic E-state index is 13.4. The Bertz CT molecular complexity index is 1050. The first-order chi connectivity index (χ1) is 15.8. The maximum Gasteiger partial charge on any atom is 0.295 e. The SMILES string of the molecule is CCOc1ccc(C2C(=C([O-])c3ccc(Cl)cc3)C(=O)C(=O)N2CC[NH+](C)C)cc1OCC. The predicted molar refractivity (Wildman–Crippen MR) is 124 cm³/mol. The van der Waals surface area contributed by atoms with Gasteiger partial charge in [-0.1, -0.05) is 35.6 Å². The fraction of sp³-hybridized carbons (Fsp3) is 0.360. The van der Waals surface area contributed by atoms with Crippen molar-refractivity contribution in [3.8, 4) is 11.5 Å². The van der Waals surface area contributed by atoms with Crippen LogP contribution in [0.5, 0.6) is 11.5 Å². The molecule has 0 aromatic heterocycles. The maximum atomic E-state index is 13.4. The number of likely N-dealkylation sites (N-methyl/N-ethyl adjacent to an activating group) is 1. The first kappa shape index (κ1) is 24.6. The number of hydrogen-bond donors (Lipinski definition) is 1. The van der Waals surface area contributed by atoms with Crippen molar-refractivity contribution in [1.82, 2.24) is 4.90 Å².